The molecule has 6 nitrogen and oxygen atoms in total. The molecule has 2 aromatic rings. The summed E-state index contributed by atoms with van der Waals surface area (Å²) in [6, 6.07) is 11.5. The molecule has 29 heavy (non-hydrogen) atoms. The average molecular weight is 421 g/mol. The maximum absolute atomic E-state index is 12.8. The fourth-order valence-corrected chi connectivity index (χ4v) is 2.89. The van der Waals surface area contributed by atoms with Gasteiger partial charge in [0.15, 0.2) is 5.11 Å². The first-order chi connectivity index (χ1) is 13.8. The minimum absolute atomic E-state index is 0.0525. The highest BCUT2D eigenvalue weighted by molar-refractivity contribution is 7.80. The molecule has 0 spiro atoms. The van der Waals surface area contributed by atoms with E-state index in [2.05, 4.69) is 26.5 Å². The van der Waals surface area contributed by atoms with Crippen molar-refractivity contribution >= 4 is 34.8 Å². The molecule has 10 heteroatoms. The summed E-state index contributed by atoms with van der Waals surface area (Å²) >= 11 is 5.04. The van der Waals surface area contributed by atoms with E-state index < -0.39 is 17.6 Å². The van der Waals surface area contributed by atoms with Gasteiger partial charge in [-0.1, -0.05) is 24.3 Å². The molecule has 3 rings (SSSR count). The van der Waals surface area contributed by atoms with Crippen molar-refractivity contribution in [3.63, 3.8) is 0 Å². The number of thiocarbonyl (C=S) groups is 1. The second kappa shape index (κ2) is 8.91. The van der Waals surface area contributed by atoms with Crippen LogP contribution < -0.4 is 21.5 Å². The lowest BCUT2D eigenvalue weighted by atomic mass is 10.1. The predicted octanol–water partition coefficient (Wildman–Crippen LogP) is 3.08. The first-order valence-electron chi connectivity index (χ1n) is 8.77. The van der Waals surface area contributed by atoms with Crippen molar-refractivity contribution in [3.05, 3.63) is 65.2 Å². The SMILES string of the molecule is O=C(NNC(=S)Nc1cccc(C(F)(F)F)c1)c1ccccc1C1=NCCCN1. The molecule has 0 saturated carbocycles. The summed E-state index contributed by atoms with van der Waals surface area (Å²) in [6.45, 7) is 1.46. The monoisotopic (exact) mass is 421 g/mol. The van der Waals surface area contributed by atoms with Crippen LogP contribution in [0.4, 0.5) is 18.9 Å². The number of benzene rings is 2. The fourth-order valence-electron chi connectivity index (χ4n) is 2.72. The van der Waals surface area contributed by atoms with E-state index in [4.69, 9.17) is 12.2 Å². The molecule has 0 radical (unpaired) electrons. The largest absolute Gasteiger partial charge is 0.416 e. The van der Waals surface area contributed by atoms with Crippen LogP contribution in [0.25, 0.3) is 0 Å². The normalized spacial score (nSPS) is 13.7. The van der Waals surface area contributed by atoms with Crippen LogP contribution in [-0.4, -0.2) is 29.9 Å². The van der Waals surface area contributed by atoms with Crippen molar-refractivity contribution in [2.24, 2.45) is 4.99 Å². The van der Waals surface area contributed by atoms with Crippen LogP contribution in [0.1, 0.15) is 27.9 Å². The van der Waals surface area contributed by atoms with Crippen molar-refractivity contribution < 1.29 is 18.0 Å². The van der Waals surface area contributed by atoms with Gasteiger partial charge in [0.25, 0.3) is 5.91 Å². The number of rotatable bonds is 3. The van der Waals surface area contributed by atoms with Crippen LogP contribution in [0.3, 0.4) is 0 Å². The molecule has 152 valence electrons. The van der Waals surface area contributed by atoms with Gasteiger partial charge in [-0.05, 0) is 42.9 Å². The van der Waals surface area contributed by atoms with Crippen LogP contribution in [-0.2, 0) is 6.18 Å². The second-order valence-electron chi connectivity index (χ2n) is 6.17. The number of hydrogen-bond acceptors (Lipinski definition) is 4. The van der Waals surface area contributed by atoms with Gasteiger partial charge in [-0.2, -0.15) is 13.2 Å². The van der Waals surface area contributed by atoms with Gasteiger partial charge in [0.2, 0.25) is 0 Å². The molecule has 1 amide bonds. The van der Waals surface area contributed by atoms with Gasteiger partial charge in [0.05, 0.1) is 11.1 Å². The third-order valence-corrected chi connectivity index (χ3v) is 4.27. The molecule has 2 aromatic carbocycles. The van der Waals surface area contributed by atoms with Gasteiger partial charge < -0.3 is 10.6 Å². The zero-order valence-electron chi connectivity index (χ0n) is 15.1. The molecule has 0 fully saturated rings. The number of amides is 1. The smallest absolute Gasteiger partial charge is 0.370 e. The number of hydrogen-bond donors (Lipinski definition) is 4. The second-order valence-corrected chi connectivity index (χ2v) is 6.58. The molecule has 0 unspecified atom stereocenters. The highest BCUT2D eigenvalue weighted by Crippen LogP contribution is 2.30. The summed E-state index contributed by atoms with van der Waals surface area (Å²) in [6.07, 6.45) is -3.53. The minimum atomic E-state index is -4.46. The van der Waals surface area contributed by atoms with Gasteiger partial charge in [-0.3, -0.25) is 20.6 Å². The van der Waals surface area contributed by atoms with Crippen molar-refractivity contribution in [1.82, 2.24) is 16.2 Å². The molecule has 4 N–H and O–H groups in total. The number of hydrazine groups is 1. The van der Waals surface area contributed by atoms with E-state index in [1.165, 1.54) is 12.1 Å². The highest BCUT2D eigenvalue weighted by Gasteiger charge is 2.30. The van der Waals surface area contributed by atoms with E-state index in [1.54, 1.807) is 24.3 Å². The Labute approximate surface area is 170 Å². The van der Waals surface area contributed by atoms with Gasteiger partial charge in [-0.25, -0.2) is 0 Å². The van der Waals surface area contributed by atoms with Crippen molar-refractivity contribution in [2.75, 3.05) is 18.4 Å². The zero-order valence-corrected chi connectivity index (χ0v) is 16.0. The summed E-state index contributed by atoms with van der Waals surface area (Å²) < 4.78 is 38.4. The van der Waals surface area contributed by atoms with E-state index in [9.17, 15) is 18.0 Å². The third-order valence-electron chi connectivity index (χ3n) is 4.06. The molecule has 0 aromatic heterocycles. The van der Waals surface area contributed by atoms with Gasteiger partial charge >= 0.3 is 6.18 Å². The number of nitrogens with zero attached hydrogens (tertiary/aromatic N) is 1. The Morgan fingerprint density at radius 3 is 2.62 bits per heavy atom. The van der Waals surface area contributed by atoms with Crippen LogP contribution >= 0.6 is 12.2 Å². The fraction of sp³-hybridized carbons (Fsp3) is 0.211. The number of anilines is 1. The summed E-state index contributed by atoms with van der Waals surface area (Å²) in [5.41, 5.74) is 5.33. The van der Waals surface area contributed by atoms with Crippen LogP contribution in [0, 0.1) is 0 Å². The van der Waals surface area contributed by atoms with Gasteiger partial charge in [-0.15, -0.1) is 0 Å². The van der Waals surface area contributed by atoms with E-state index in [1.807, 2.05) is 0 Å². The summed E-state index contributed by atoms with van der Waals surface area (Å²) in [5, 5.41) is 5.72. The maximum atomic E-state index is 12.8. The Bertz CT molecular complexity index is 945. The van der Waals surface area contributed by atoms with Crippen molar-refractivity contribution in [3.8, 4) is 0 Å². The number of carbonyl (C=O) groups excluding carboxylic acids is 1. The lowest BCUT2D eigenvalue weighted by Crippen LogP contribution is -2.44. The third kappa shape index (κ3) is 5.44. The summed E-state index contributed by atoms with van der Waals surface area (Å²) in [5.74, 6) is 0.190. The minimum Gasteiger partial charge on any atom is -0.370 e. The Kier molecular flexibility index (Phi) is 6.32. The van der Waals surface area contributed by atoms with E-state index in [0.717, 1.165) is 25.1 Å². The first kappa shape index (κ1) is 20.6. The lowest BCUT2D eigenvalue weighted by molar-refractivity contribution is -0.137. The molecule has 0 saturated heterocycles. The quantitative estimate of drug-likeness (QED) is 0.453. The van der Waals surface area contributed by atoms with Gasteiger partial charge in [0, 0.05) is 24.3 Å². The zero-order chi connectivity index (χ0) is 20.9. The van der Waals surface area contributed by atoms with Gasteiger partial charge in [0.1, 0.15) is 5.84 Å². The molecule has 0 aliphatic carbocycles. The molecule has 0 atom stereocenters. The van der Waals surface area contributed by atoms with Crippen LogP contribution in [0.2, 0.25) is 0 Å². The topological polar surface area (TPSA) is 77.6 Å². The number of alkyl halides is 3. The van der Waals surface area contributed by atoms with E-state index in [-0.39, 0.29) is 10.8 Å². The molecule has 0 bridgehead atoms. The van der Waals surface area contributed by atoms with E-state index in [0.29, 0.717) is 23.5 Å². The molecule has 1 aliphatic heterocycles. The lowest BCUT2D eigenvalue weighted by Gasteiger charge is -2.18. The molecular weight excluding hydrogens is 403 g/mol. The maximum Gasteiger partial charge on any atom is 0.416 e. The summed E-state index contributed by atoms with van der Waals surface area (Å²) in [4.78, 5) is 17.0. The predicted molar refractivity (Wildman–Crippen MR) is 109 cm³/mol. The molecule has 1 heterocycles. The average Bonchev–Trinajstić information content (AvgIpc) is 2.72. The van der Waals surface area contributed by atoms with Crippen molar-refractivity contribution in [2.45, 2.75) is 12.6 Å². The number of halogens is 3. The Morgan fingerprint density at radius 2 is 1.90 bits per heavy atom. The van der Waals surface area contributed by atoms with E-state index >= 15 is 0 Å². The Morgan fingerprint density at radius 1 is 1.10 bits per heavy atom. The van der Waals surface area contributed by atoms with Crippen LogP contribution in [0.15, 0.2) is 53.5 Å². The van der Waals surface area contributed by atoms with Crippen molar-refractivity contribution in [1.29, 1.82) is 0 Å². The number of nitrogens with one attached hydrogen (secondary N) is 4. The van der Waals surface area contributed by atoms with Crippen LogP contribution in [0.5, 0.6) is 0 Å². The summed E-state index contributed by atoms with van der Waals surface area (Å²) in [7, 11) is 0. The number of carbonyl (C=O) groups is 1. The number of aliphatic imine (C=N–C) groups is 1. The Hall–Kier alpha value is -3.14. The first-order valence-corrected chi connectivity index (χ1v) is 9.18. The molecule has 1 aliphatic rings. The molecular formula is C19H18F3N5OS. The standard InChI is InChI=1S/C19H18F3N5OS/c20-19(21,22)12-5-3-6-13(11-12)25-18(29)27-26-17(28)15-8-2-1-7-14(15)16-23-9-4-10-24-16/h1-3,5-8,11H,4,9-10H2,(H,23,24)(H,26,28)(H2,25,27,29). The Balaban J connectivity index is 1.63. The number of amidine groups is 1. The highest BCUT2D eigenvalue weighted by atomic mass is 32.1.